The number of benzene rings is 1. The van der Waals surface area contributed by atoms with Crippen molar-refractivity contribution in [3.63, 3.8) is 0 Å². The normalized spacial score (nSPS) is 20.0. The minimum atomic E-state index is 0.352. The summed E-state index contributed by atoms with van der Waals surface area (Å²) in [5.41, 5.74) is 9.07. The van der Waals surface area contributed by atoms with Gasteiger partial charge in [-0.05, 0) is 60.7 Å². The van der Waals surface area contributed by atoms with Gasteiger partial charge in [0.25, 0.3) is 0 Å². The van der Waals surface area contributed by atoms with Gasteiger partial charge >= 0.3 is 0 Å². The summed E-state index contributed by atoms with van der Waals surface area (Å²) in [7, 11) is 0. The highest BCUT2D eigenvalue weighted by atomic mass is 15.5. The van der Waals surface area contributed by atoms with Crippen LogP contribution in [0.5, 0.6) is 0 Å². The fourth-order valence-electron chi connectivity index (χ4n) is 3.36. The number of anilines is 1. The Bertz CT molecular complexity index is 896. The van der Waals surface area contributed by atoms with Crippen LogP contribution in [0.15, 0.2) is 42.5 Å². The summed E-state index contributed by atoms with van der Waals surface area (Å²) in [5.74, 6) is 1.47. The van der Waals surface area contributed by atoms with Gasteiger partial charge in [-0.3, -0.25) is 0 Å². The Balaban J connectivity index is 1.49. The van der Waals surface area contributed by atoms with E-state index in [0.717, 1.165) is 48.3 Å². The number of hydrogen-bond acceptors (Lipinski definition) is 6. The number of pyridine rings is 1. The lowest BCUT2D eigenvalue weighted by molar-refractivity contribution is 0.410. The van der Waals surface area contributed by atoms with Gasteiger partial charge in [-0.1, -0.05) is 30.3 Å². The fourth-order valence-corrected chi connectivity index (χ4v) is 3.36. The van der Waals surface area contributed by atoms with E-state index < -0.39 is 0 Å². The predicted molar refractivity (Wildman–Crippen MR) is 107 cm³/mol. The van der Waals surface area contributed by atoms with Crippen molar-refractivity contribution in [2.45, 2.75) is 37.8 Å². The standard InChI is InChI=1S/C20H23N7/c21-16-8-10-17(11-9-16)22-19-6-2-5-18(23-19)15-4-1-3-14(13-15)7-12-20-24-26-27-25-20/h1-7,12-13,16-17H,8-11,21H2,(H,22,23)(H,24,25,26,27). The molecule has 2 heterocycles. The van der Waals surface area contributed by atoms with E-state index in [9.17, 15) is 0 Å². The van der Waals surface area contributed by atoms with Gasteiger partial charge in [-0.2, -0.15) is 5.21 Å². The van der Waals surface area contributed by atoms with Crippen LogP contribution < -0.4 is 11.1 Å². The van der Waals surface area contributed by atoms with Gasteiger partial charge in [0.15, 0.2) is 5.82 Å². The molecule has 0 aliphatic heterocycles. The molecule has 0 radical (unpaired) electrons. The number of tetrazole rings is 1. The molecule has 1 aliphatic rings. The molecule has 27 heavy (non-hydrogen) atoms. The molecule has 1 aromatic carbocycles. The SMILES string of the molecule is NC1CCC(Nc2cccc(-c3cccc(C=Cc4nn[nH]n4)c3)n2)CC1. The van der Waals surface area contributed by atoms with E-state index in [1.165, 1.54) is 0 Å². The highest BCUT2D eigenvalue weighted by molar-refractivity contribution is 5.71. The smallest absolute Gasteiger partial charge is 0.197 e. The Labute approximate surface area is 158 Å². The molecule has 1 saturated carbocycles. The third-order valence-corrected chi connectivity index (χ3v) is 4.84. The number of rotatable bonds is 5. The molecular weight excluding hydrogens is 338 g/mol. The molecule has 0 atom stereocenters. The van der Waals surface area contributed by atoms with Crippen molar-refractivity contribution in [2.24, 2.45) is 5.73 Å². The molecule has 7 nitrogen and oxygen atoms in total. The van der Waals surface area contributed by atoms with Crippen LogP contribution in [-0.4, -0.2) is 37.7 Å². The second-order valence-electron chi connectivity index (χ2n) is 6.89. The fraction of sp³-hybridized carbons (Fsp3) is 0.300. The molecule has 7 heteroatoms. The van der Waals surface area contributed by atoms with Crippen molar-refractivity contribution in [1.82, 2.24) is 25.6 Å². The van der Waals surface area contributed by atoms with Gasteiger partial charge in [0.05, 0.1) is 5.69 Å². The van der Waals surface area contributed by atoms with Gasteiger partial charge in [0, 0.05) is 17.6 Å². The van der Waals surface area contributed by atoms with E-state index in [2.05, 4.69) is 38.1 Å². The summed E-state index contributed by atoms with van der Waals surface area (Å²) in [6.45, 7) is 0. The van der Waals surface area contributed by atoms with Crippen molar-refractivity contribution in [2.75, 3.05) is 5.32 Å². The van der Waals surface area contributed by atoms with Crippen molar-refractivity contribution in [3.8, 4) is 11.3 Å². The second-order valence-corrected chi connectivity index (χ2v) is 6.89. The molecule has 0 unspecified atom stereocenters. The van der Waals surface area contributed by atoms with Crippen molar-refractivity contribution >= 4 is 18.0 Å². The van der Waals surface area contributed by atoms with Crippen LogP contribution in [0.1, 0.15) is 37.1 Å². The second kappa shape index (κ2) is 8.09. The zero-order valence-electron chi connectivity index (χ0n) is 15.0. The maximum atomic E-state index is 6.00. The average molecular weight is 361 g/mol. The number of hydrogen-bond donors (Lipinski definition) is 3. The summed E-state index contributed by atoms with van der Waals surface area (Å²) in [5, 5.41) is 17.4. The first-order valence-corrected chi connectivity index (χ1v) is 9.27. The Kier molecular flexibility index (Phi) is 5.20. The Hall–Kier alpha value is -3.06. The van der Waals surface area contributed by atoms with Crippen molar-refractivity contribution < 1.29 is 0 Å². The Morgan fingerprint density at radius 1 is 1.04 bits per heavy atom. The third-order valence-electron chi connectivity index (χ3n) is 4.84. The first-order valence-electron chi connectivity index (χ1n) is 9.27. The lowest BCUT2D eigenvalue weighted by atomic mass is 9.92. The third kappa shape index (κ3) is 4.57. The van der Waals surface area contributed by atoms with Crippen LogP contribution in [0.3, 0.4) is 0 Å². The zero-order chi connectivity index (χ0) is 18.5. The number of nitrogens with one attached hydrogen (secondary N) is 2. The number of nitrogens with zero attached hydrogens (tertiary/aromatic N) is 4. The molecular formula is C20H23N7. The van der Waals surface area contributed by atoms with Crippen LogP contribution in [0, 0.1) is 0 Å². The van der Waals surface area contributed by atoms with Crippen LogP contribution in [0.4, 0.5) is 5.82 Å². The number of H-pyrrole nitrogens is 1. The maximum absolute atomic E-state index is 6.00. The predicted octanol–water partition coefficient (Wildman–Crippen LogP) is 3.11. The molecule has 2 aromatic heterocycles. The van der Waals surface area contributed by atoms with Crippen LogP contribution in [-0.2, 0) is 0 Å². The van der Waals surface area contributed by atoms with E-state index in [4.69, 9.17) is 10.7 Å². The number of nitrogens with two attached hydrogens (primary N) is 1. The number of aromatic amines is 1. The molecule has 4 N–H and O–H groups in total. The lowest BCUT2D eigenvalue weighted by Gasteiger charge is -2.27. The first kappa shape index (κ1) is 17.4. The van der Waals surface area contributed by atoms with Gasteiger partial charge in [0.2, 0.25) is 0 Å². The van der Waals surface area contributed by atoms with Gasteiger partial charge in [0.1, 0.15) is 5.82 Å². The molecule has 138 valence electrons. The largest absolute Gasteiger partial charge is 0.367 e. The zero-order valence-corrected chi connectivity index (χ0v) is 15.0. The number of aromatic nitrogens is 5. The Morgan fingerprint density at radius 2 is 1.89 bits per heavy atom. The molecule has 0 spiro atoms. The summed E-state index contributed by atoms with van der Waals surface area (Å²) in [6.07, 6.45) is 8.13. The summed E-state index contributed by atoms with van der Waals surface area (Å²) in [4.78, 5) is 4.80. The lowest BCUT2D eigenvalue weighted by Crippen LogP contribution is -2.33. The Morgan fingerprint density at radius 3 is 2.70 bits per heavy atom. The van der Waals surface area contributed by atoms with E-state index in [1.54, 1.807) is 0 Å². The maximum Gasteiger partial charge on any atom is 0.197 e. The first-order chi connectivity index (χ1) is 13.3. The average Bonchev–Trinajstić information content (AvgIpc) is 3.22. The molecule has 0 amide bonds. The van der Waals surface area contributed by atoms with E-state index >= 15 is 0 Å². The molecule has 3 aromatic rings. The minimum absolute atomic E-state index is 0.352. The van der Waals surface area contributed by atoms with Crippen LogP contribution in [0.2, 0.25) is 0 Å². The molecule has 0 saturated heterocycles. The van der Waals surface area contributed by atoms with Crippen LogP contribution >= 0.6 is 0 Å². The van der Waals surface area contributed by atoms with Crippen LogP contribution in [0.25, 0.3) is 23.4 Å². The quantitative estimate of drug-likeness (QED) is 0.645. The molecule has 1 fully saturated rings. The topological polar surface area (TPSA) is 105 Å². The highest BCUT2D eigenvalue weighted by Gasteiger charge is 2.18. The summed E-state index contributed by atoms with van der Waals surface area (Å²) in [6, 6.07) is 15.1. The summed E-state index contributed by atoms with van der Waals surface area (Å²) >= 11 is 0. The molecule has 1 aliphatic carbocycles. The monoisotopic (exact) mass is 361 g/mol. The van der Waals surface area contributed by atoms with E-state index in [-0.39, 0.29) is 0 Å². The van der Waals surface area contributed by atoms with E-state index in [0.29, 0.717) is 17.9 Å². The minimum Gasteiger partial charge on any atom is -0.367 e. The van der Waals surface area contributed by atoms with Crippen molar-refractivity contribution in [1.29, 1.82) is 0 Å². The van der Waals surface area contributed by atoms with E-state index in [1.807, 2.05) is 42.5 Å². The van der Waals surface area contributed by atoms with Crippen molar-refractivity contribution in [3.05, 3.63) is 53.9 Å². The molecule has 0 bridgehead atoms. The van der Waals surface area contributed by atoms with Gasteiger partial charge < -0.3 is 11.1 Å². The highest BCUT2D eigenvalue weighted by Crippen LogP contribution is 2.24. The molecule has 4 rings (SSSR count). The van der Waals surface area contributed by atoms with Gasteiger partial charge in [-0.25, -0.2) is 4.98 Å². The van der Waals surface area contributed by atoms with Gasteiger partial charge in [-0.15, -0.1) is 10.2 Å². The summed E-state index contributed by atoms with van der Waals surface area (Å²) < 4.78 is 0.